The number of hydrogen-bond acceptors (Lipinski definition) is 2. The highest BCUT2D eigenvalue weighted by molar-refractivity contribution is 7.89. The molecule has 0 heterocycles. The Kier molecular flexibility index (Phi) is 3.58. The predicted octanol–water partition coefficient (Wildman–Crippen LogP) is 2.93. The fraction of sp³-hybridized carbons (Fsp3) is 0.600. The topological polar surface area (TPSA) is 46.2 Å². The van der Waals surface area contributed by atoms with Gasteiger partial charge in [-0.3, -0.25) is 0 Å². The third-order valence-corrected chi connectivity index (χ3v) is 6.47. The molecule has 2 aliphatic carbocycles. The van der Waals surface area contributed by atoms with Gasteiger partial charge in [0, 0.05) is 6.04 Å². The number of halogens is 1. The monoisotopic (exact) mass is 297 g/mol. The molecule has 5 heteroatoms. The van der Waals surface area contributed by atoms with Gasteiger partial charge in [-0.1, -0.05) is 6.42 Å². The first kappa shape index (κ1) is 14.0. The maximum absolute atomic E-state index is 12.9. The largest absolute Gasteiger partial charge is 0.240 e. The Morgan fingerprint density at radius 2 is 1.90 bits per heavy atom. The van der Waals surface area contributed by atoms with Crippen LogP contribution in [-0.4, -0.2) is 14.5 Å². The van der Waals surface area contributed by atoms with Gasteiger partial charge in [0.25, 0.3) is 0 Å². The highest BCUT2D eigenvalue weighted by Crippen LogP contribution is 2.49. The quantitative estimate of drug-likeness (QED) is 0.929. The average molecular weight is 297 g/mol. The maximum Gasteiger partial charge on any atom is 0.240 e. The van der Waals surface area contributed by atoms with Gasteiger partial charge in [-0.2, -0.15) is 0 Å². The van der Waals surface area contributed by atoms with Crippen molar-refractivity contribution in [2.45, 2.75) is 43.5 Å². The Hall–Kier alpha value is -0.940. The van der Waals surface area contributed by atoms with Gasteiger partial charge in [0.2, 0.25) is 10.0 Å². The first-order chi connectivity index (χ1) is 9.45. The molecule has 2 aliphatic rings. The van der Waals surface area contributed by atoms with Crippen LogP contribution in [0.25, 0.3) is 0 Å². The zero-order valence-corrected chi connectivity index (χ0v) is 12.4. The van der Waals surface area contributed by atoms with Crippen LogP contribution in [0.2, 0.25) is 0 Å². The molecule has 0 spiro atoms. The molecule has 4 unspecified atom stereocenters. The van der Waals surface area contributed by atoms with Crippen molar-refractivity contribution in [2.24, 2.45) is 17.8 Å². The van der Waals surface area contributed by atoms with Crippen molar-refractivity contribution >= 4 is 10.0 Å². The van der Waals surface area contributed by atoms with Gasteiger partial charge < -0.3 is 0 Å². The highest BCUT2D eigenvalue weighted by Gasteiger charge is 2.42. The molecule has 0 aliphatic heterocycles. The van der Waals surface area contributed by atoms with Crippen LogP contribution in [0.4, 0.5) is 4.39 Å². The van der Waals surface area contributed by atoms with Gasteiger partial charge in [0.05, 0.1) is 4.90 Å². The average Bonchev–Trinajstić information content (AvgIpc) is 3.01. The first-order valence-corrected chi connectivity index (χ1v) is 8.72. The number of rotatable bonds is 4. The lowest BCUT2D eigenvalue weighted by molar-refractivity contribution is 0.280. The Bertz CT molecular complexity index is 584. The van der Waals surface area contributed by atoms with Crippen molar-refractivity contribution in [1.82, 2.24) is 4.72 Å². The number of nitrogens with one attached hydrogen (secondary N) is 1. The lowest BCUT2D eigenvalue weighted by Gasteiger charge is -2.28. The van der Waals surface area contributed by atoms with Gasteiger partial charge >= 0.3 is 0 Å². The van der Waals surface area contributed by atoms with Crippen LogP contribution in [0, 0.1) is 23.6 Å². The molecule has 0 saturated heterocycles. The van der Waals surface area contributed by atoms with Crippen molar-refractivity contribution in [3.05, 3.63) is 30.1 Å². The van der Waals surface area contributed by atoms with Crippen molar-refractivity contribution in [3.8, 4) is 0 Å². The molecular formula is C15H20FNO2S. The van der Waals surface area contributed by atoms with Gasteiger partial charge in [0.15, 0.2) is 0 Å². The minimum atomic E-state index is -3.55. The van der Waals surface area contributed by atoms with Crippen molar-refractivity contribution < 1.29 is 12.8 Å². The second-order valence-electron chi connectivity index (χ2n) is 6.20. The minimum absolute atomic E-state index is 0.0552. The van der Waals surface area contributed by atoms with Crippen LogP contribution in [0.15, 0.2) is 29.2 Å². The molecule has 110 valence electrons. The smallest absolute Gasteiger partial charge is 0.208 e. The Morgan fingerprint density at radius 1 is 1.20 bits per heavy atom. The van der Waals surface area contributed by atoms with E-state index < -0.39 is 15.8 Å². The third kappa shape index (κ3) is 2.61. The van der Waals surface area contributed by atoms with Crippen LogP contribution in [0.1, 0.15) is 32.6 Å². The summed E-state index contributed by atoms with van der Waals surface area (Å²) in [4.78, 5) is 0.133. The van der Waals surface area contributed by atoms with E-state index in [2.05, 4.69) is 4.72 Å². The number of benzene rings is 1. The third-order valence-electron chi connectivity index (χ3n) is 4.90. The van der Waals surface area contributed by atoms with Gasteiger partial charge in [-0.25, -0.2) is 17.5 Å². The van der Waals surface area contributed by atoms with Crippen molar-refractivity contribution in [2.75, 3.05) is 0 Å². The lowest BCUT2D eigenvalue weighted by atomic mass is 9.84. The summed E-state index contributed by atoms with van der Waals surface area (Å²) < 4.78 is 40.2. The molecule has 1 aromatic rings. The standard InChI is InChI=1S/C15H20FNO2S/c1-10(15-9-11-2-3-12(15)8-11)17-20(18,19)14-6-4-13(16)5-7-14/h4-7,10-12,15,17H,2-3,8-9H2,1H3. The zero-order chi connectivity index (χ0) is 14.3. The first-order valence-electron chi connectivity index (χ1n) is 7.23. The molecule has 2 fully saturated rings. The molecule has 3 rings (SSSR count). The molecule has 3 nitrogen and oxygen atoms in total. The predicted molar refractivity (Wildman–Crippen MR) is 75.1 cm³/mol. The van der Waals surface area contributed by atoms with E-state index in [4.69, 9.17) is 0 Å². The van der Waals surface area contributed by atoms with Crippen LogP contribution >= 0.6 is 0 Å². The minimum Gasteiger partial charge on any atom is -0.208 e. The van der Waals surface area contributed by atoms with E-state index in [-0.39, 0.29) is 10.9 Å². The molecule has 2 saturated carbocycles. The van der Waals surface area contributed by atoms with Crippen LogP contribution in [0.3, 0.4) is 0 Å². The van der Waals surface area contributed by atoms with E-state index in [9.17, 15) is 12.8 Å². The van der Waals surface area contributed by atoms with E-state index >= 15 is 0 Å². The zero-order valence-electron chi connectivity index (χ0n) is 11.5. The summed E-state index contributed by atoms with van der Waals surface area (Å²) in [7, 11) is -3.55. The highest BCUT2D eigenvalue weighted by atomic mass is 32.2. The molecule has 4 atom stereocenters. The number of hydrogen-bond donors (Lipinski definition) is 1. The van der Waals surface area contributed by atoms with E-state index in [1.165, 1.54) is 43.5 Å². The Balaban J connectivity index is 1.71. The summed E-state index contributed by atoms with van der Waals surface area (Å²) >= 11 is 0. The summed E-state index contributed by atoms with van der Waals surface area (Å²) in [5.74, 6) is 1.49. The molecule has 20 heavy (non-hydrogen) atoms. The van der Waals surface area contributed by atoms with E-state index in [1.807, 2.05) is 6.92 Å². The molecule has 2 bridgehead atoms. The fourth-order valence-corrected chi connectivity index (χ4v) is 5.21. The molecular weight excluding hydrogens is 277 g/mol. The normalized spacial score (nSPS) is 30.6. The molecule has 1 aromatic carbocycles. The van der Waals surface area contributed by atoms with Gasteiger partial charge in [0.1, 0.15) is 5.82 Å². The van der Waals surface area contributed by atoms with Crippen molar-refractivity contribution in [1.29, 1.82) is 0 Å². The summed E-state index contributed by atoms with van der Waals surface area (Å²) in [5, 5.41) is 0. The fourth-order valence-electron chi connectivity index (χ4n) is 3.92. The van der Waals surface area contributed by atoms with Crippen LogP contribution < -0.4 is 4.72 Å². The molecule has 0 aromatic heterocycles. The SMILES string of the molecule is CC(NS(=O)(=O)c1ccc(F)cc1)C1CC2CCC1C2. The summed E-state index contributed by atoms with van der Waals surface area (Å²) in [5.41, 5.74) is 0. The second kappa shape index (κ2) is 5.11. The summed E-state index contributed by atoms with van der Waals surface area (Å²) in [6, 6.07) is 4.92. The lowest BCUT2D eigenvalue weighted by Crippen LogP contribution is -2.40. The van der Waals surface area contributed by atoms with E-state index in [0.29, 0.717) is 11.8 Å². The van der Waals surface area contributed by atoms with E-state index in [0.717, 1.165) is 12.3 Å². The van der Waals surface area contributed by atoms with Crippen molar-refractivity contribution in [3.63, 3.8) is 0 Å². The summed E-state index contributed by atoms with van der Waals surface area (Å²) in [6.45, 7) is 1.95. The van der Waals surface area contributed by atoms with E-state index in [1.54, 1.807) is 0 Å². The number of sulfonamides is 1. The summed E-state index contributed by atoms with van der Waals surface area (Å²) in [6.07, 6.45) is 4.93. The van der Waals surface area contributed by atoms with Gasteiger partial charge in [-0.15, -0.1) is 0 Å². The molecule has 1 N–H and O–H groups in total. The number of fused-ring (bicyclic) bond motifs is 2. The Labute approximate surface area is 119 Å². The van der Waals surface area contributed by atoms with Crippen LogP contribution in [0.5, 0.6) is 0 Å². The maximum atomic E-state index is 12.9. The van der Waals surface area contributed by atoms with Crippen LogP contribution in [-0.2, 0) is 10.0 Å². The molecule has 0 amide bonds. The molecule has 0 radical (unpaired) electrons. The Morgan fingerprint density at radius 3 is 2.45 bits per heavy atom. The second-order valence-corrected chi connectivity index (χ2v) is 7.92. The van der Waals surface area contributed by atoms with Gasteiger partial charge in [-0.05, 0) is 68.2 Å².